The number of nitrogens with zero attached hydrogens (tertiary/aromatic N) is 1. The average molecular weight is 295 g/mol. The van der Waals surface area contributed by atoms with Gasteiger partial charge in [0, 0.05) is 12.6 Å². The maximum Gasteiger partial charge on any atom is 0.307 e. The van der Waals surface area contributed by atoms with Crippen molar-refractivity contribution in [3.8, 4) is 0 Å². The molecule has 2 aliphatic rings. The molecule has 0 aromatic heterocycles. The second-order valence-corrected chi connectivity index (χ2v) is 7.77. The summed E-state index contributed by atoms with van der Waals surface area (Å²) >= 11 is 0. The Hall–Kier alpha value is -1.06. The topological polar surface area (TPSA) is 57.6 Å². The first-order valence-corrected chi connectivity index (χ1v) is 8.30. The molecule has 2 fully saturated rings. The van der Waals surface area contributed by atoms with E-state index in [0.717, 1.165) is 25.8 Å². The van der Waals surface area contributed by atoms with Crippen molar-refractivity contribution in [2.75, 3.05) is 6.54 Å². The first-order valence-electron chi connectivity index (χ1n) is 8.30. The zero-order valence-electron chi connectivity index (χ0n) is 13.8. The number of hydrogen-bond acceptors (Lipinski definition) is 2. The van der Waals surface area contributed by atoms with Gasteiger partial charge >= 0.3 is 5.97 Å². The Morgan fingerprint density at radius 1 is 1.19 bits per heavy atom. The molecule has 1 amide bonds. The van der Waals surface area contributed by atoms with Gasteiger partial charge in [0.15, 0.2) is 0 Å². The van der Waals surface area contributed by atoms with Crippen LogP contribution in [0.2, 0.25) is 0 Å². The summed E-state index contributed by atoms with van der Waals surface area (Å²) in [5.74, 6) is -1.02. The summed E-state index contributed by atoms with van der Waals surface area (Å²) in [7, 11) is 0. The highest BCUT2D eigenvalue weighted by molar-refractivity contribution is 5.91. The maximum atomic E-state index is 12.9. The van der Waals surface area contributed by atoms with Gasteiger partial charge in [-0.1, -0.05) is 40.5 Å². The van der Waals surface area contributed by atoms with E-state index < -0.39 is 17.3 Å². The molecule has 2 saturated carbocycles. The van der Waals surface area contributed by atoms with Crippen LogP contribution in [0.25, 0.3) is 0 Å². The van der Waals surface area contributed by atoms with Crippen molar-refractivity contribution in [2.24, 2.45) is 23.2 Å². The van der Waals surface area contributed by atoms with E-state index in [4.69, 9.17) is 0 Å². The van der Waals surface area contributed by atoms with E-state index >= 15 is 0 Å². The van der Waals surface area contributed by atoms with Crippen LogP contribution in [-0.4, -0.2) is 34.5 Å². The van der Waals surface area contributed by atoms with Gasteiger partial charge in [0.05, 0.1) is 11.8 Å². The third kappa shape index (κ3) is 3.24. The van der Waals surface area contributed by atoms with Gasteiger partial charge in [0.1, 0.15) is 0 Å². The fourth-order valence-corrected chi connectivity index (χ4v) is 3.82. The summed E-state index contributed by atoms with van der Waals surface area (Å²) < 4.78 is 0. The van der Waals surface area contributed by atoms with E-state index in [1.54, 1.807) is 0 Å². The van der Waals surface area contributed by atoms with Crippen molar-refractivity contribution >= 4 is 11.9 Å². The van der Waals surface area contributed by atoms with Gasteiger partial charge in [-0.3, -0.25) is 9.59 Å². The summed E-state index contributed by atoms with van der Waals surface area (Å²) in [6, 6.07) is 0.335. The summed E-state index contributed by atoms with van der Waals surface area (Å²) in [6.45, 7) is 8.92. The highest BCUT2D eigenvalue weighted by Gasteiger charge is 2.66. The van der Waals surface area contributed by atoms with E-state index in [9.17, 15) is 14.7 Å². The average Bonchev–Trinajstić information content (AvgIpc) is 2.76. The Morgan fingerprint density at radius 2 is 1.76 bits per heavy atom. The number of carboxylic acids is 1. The summed E-state index contributed by atoms with van der Waals surface area (Å²) in [6.07, 6.45) is 5.52. The van der Waals surface area contributed by atoms with E-state index in [-0.39, 0.29) is 11.8 Å². The third-order valence-electron chi connectivity index (χ3n) is 5.36. The predicted octanol–water partition coefficient (Wildman–Crippen LogP) is 3.16. The van der Waals surface area contributed by atoms with E-state index in [1.807, 2.05) is 18.7 Å². The molecular weight excluding hydrogens is 266 g/mol. The van der Waals surface area contributed by atoms with E-state index in [1.165, 1.54) is 12.8 Å². The molecule has 4 nitrogen and oxygen atoms in total. The smallest absolute Gasteiger partial charge is 0.307 e. The number of carboxylic acid groups (broad SMARTS) is 1. The SMILES string of the molecule is CC(C)CCN(C(=O)C1C(C(=O)O)C1(C)C)C1CCCC1. The molecule has 0 aliphatic heterocycles. The van der Waals surface area contributed by atoms with Crippen LogP contribution in [0.5, 0.6) is 0 Å². The van der Waals surface area contributed by atoms with Gasteiger partial charge in [0.2, 0.25) is 5.91 Å². The lowest BCUT2D eigenvalue weighted by atomic mass is 10.1. The minimum atomic E-state index is -0.825. The number of hydrogen-bond donors (Lipinski definition) is 1. The fraction of sp³-hybridized carbons (Fsp3) is 0.882. The van der Waals surface area contributed by atoms with Crippen LogP contribution < -0.4 is 0 Å². The van der Waals surface area contributed by atoms with Crippen LogP contribution in [0, 0.1) is 23.2 Å². The minimum absolute atomic E-state index is 0.0833. The molecule has 0 heterocycles. The second-order valence-electron chi connectivity index (χ2n) is 7.77. The summed E-state index contributed by atoms with van der Waals surface area (Å²) in [4.78, 5) is 26.2. The van der Waals surface area contributed by atoms with Crippen molar-refractivity contribution in [1.29, 1.82) is 0 Å². The Morgan fingerprint density at radius 3 is 2.19 bits per heavy atom. The zero-order chi connectivity index (χ0) is 15.8. The molecule has 120 valence electrons. The van der Waals surface area contributed by atoms with Gasteiger partial charge in [0.25, 0.3) is 0 Å². The quantitative estimate of drug-likeness (QED) is 0.819. The molecule has 0 aromatic carbocycles. The van der Waals surface area contributed by atoms with Crippen LogP contribution in [0.1, 0.15) is 59.8 Å². The Bertz CT molecular complexity index is 410. The van der Waals surface area contributed by atoms with Gasteiger partial charge in [-0.2, -0.15) is 0 Å². The Kier molecular flexibility index (Phi) is 4.64. The molecule has 2 rings (SSSR count). The molecule has 0 saturated heterocycles. The highest BCUT2D eigenvalue weighted by atomic mass is 16.4. The zero-order valence-corrected chi connectivity index (χ0v) is 13.8. The van der Waals surface area contributed by atoms with Crippen LogP contribution in [0.3, 0.4) is 0 Å². The normalized spacial score (nSPS) is 27.9. The first kappa shape index (κ1) is 16.3. The van der Waals surface area contributed by atoms with Gasteiger partial charge in [-0.25, -0.2) is 0 Å². The molecule has 1 N–H and O–H groups in total. The molecule has 2 aliphatic carbocycles. The van der Waals surface area contributed by atoms with Crippen LogP contribution in [0.15, 0.2) is 0 Å². The molecular formula is C17H29NO3. The van der Waals surface area contributed by atoms with Crippen molar-refractivity contribution < 1.29 is 14.7 Å². The monoisotopic (exact) mass is 295 g/mol. The summed E-state index contributed by atoms with van der Waals surface area (Å²) in [5.41, 5.74) is -0.391. The van der Waals surface area contributed by atoms with Gasteiger partial charge in [-0.15, -0.1) is 0 Å². The molecule has 2 atom stereocenters. The lowest BCUT2D eigenvalue weighted by Gasteiger charge is -2.30. The standard InChI is InChI=1S/C17H29NO3/c1-11(2)9-10-18(12-7-5-6-8-12)15(19)13-14(16(20)21)17(13,3)4/h11-14H,5-10H2,1-4H3,(H,20,21). The fourth-order valence-electron chi connectivity index (χ4n) is 3.82. The van der Waals surface area contributed by atoms with Crippen molar-refractivity contribution in [3.05, 3.63) is 0 Å². The number of carbonyl (C=O) groups is 2. The molecule has 0 spiro atoms. The molecule has 0 aromatic rings. The third-order valence-corrected chi connectivity index (χ3v) is 5.36. The largest absolute Gasteiger partial charge is 0.481 e. The lowest BCUT2D eigenvalue weighted by molar-refractivity contribution is -0.142. The number of rotatable bonds is 6. The molecule has 21 heavy (non-hydrogen) atoms. The molecule has 2 unspecified atom stereocenters. The molecule has 4 heteroatoms. The summed E-state index contributed by atoms with van der Waals surface area (Å²) in [5, 5.41) is 9.30. The first-order chi connectivity index (χ1) is 9.76. The molecule has 0 radical (unpaired) electrons. The van der Waals surface area contributed by atoms with Crippen LogP contribution in [0.4, 0.5) is 0 Å². The molecule has 0 bridgehead atoms. The second kappa shape index (κ2) is 5.98. The van der Waals surface area contributed by atoms with E-state index in [0.29, 0.717) is 12.0 Å². The Labute approximate surface area is 127 Å². The lowest BCUT2D eigenvalue weighted by Crippen LogP contribution is -2.41. The van der Waals surface area contributed by atoms with Crippen LogP contribution >= 0.6 is 0 Å². The van der Waals surface area contributed by atoms with Crippen LogP contribution in [-0.2, 0) is 9.59 Å². The minimum Gasteiger partial charge on any atom is -0.481 e. The predicted molar refractivity (Wildman–Crippen MR) is 81.8 cm³/mol. The van der Waals surface area contributed by atoms with E-state index in [2.05, 4.69) is 13.8 Å². The Balaban J connectivity index is 2.09. The van der Waals surface area contributed by atoms with Gasteiger partial charge < -0.3 is 10.0 Å². The number of aliphatic carboxylic acids is 1. The number of amides is 1. The van der Waals surface area contributed by atoms with Crippen molar-refractivity contribution in [2.45, 2.75) is 65.8 Å². The highest BCUT2D eigenvalue weighted by Crippen LogP contribution is 2.59. The van der Waals surface area contributed by atoms with Crippen molar-refractivity contribution in [3.63, 3.8) is 0 Å². The maximum absolute atomic E-state index is 12.9. The van der Waals surface area contributed by atoms with Crippen molar-refractivity contribution in [1.82, 2.24) is 4.90 Å². The number of carbonyl (C=O) groups excluding carboxylic acids is 1. The van der Waals surface area contributed by atoms with Gasteiger partial charge in [-0.05, 0) is 30.6 Å².